The molecular formula is C22H19BrCl2N2O7. The first-order chi connectivity index (χ1) is 16.0. The molecule has 2 aliphatic carbocycles. The first kappa shape index (κ1) is 23.6. The number of methoxy groups -OCH3 is 1. The van der Waals surface area contributed by atoms with Gasteiger partial charge in [0, 0.05) is 11.5 Å². The third kappa shape index (κ3) is 2.65. The van der Waals surface area contributed by atoms with E-state index in [1.165, 1.54) is 13.2 Å². The van der Waals surface area contributed by atoms with E-state index in [0.717, 1.165) is 4.90 Å². The van der Waals surface area contributed by atoms with Crippen LogP contribution < -0.4 is 4.74 Å². The fourth-order valence-electron chi connectivity index (χ4n) is 6.05. The Morgan fingerprint density at radius 3 is 2.50 bits per heavy atom. The molecule has 12 heteroatoms. The Labute approximate surface area is 212 Å². The fraction of sp³-hybridized carbons (Fsp3) is 0.455. The highest BCUT2D eigenvalue weighted by Gasteiger charge is 2.76. The molecule has 0 spiro atoms. The first-order valence-electron chi connectivity index (χ1n) is 10.5. The van der Waals surface area contributed by atoms with Crippen molar-refractivity contribution >= 4 is 62.8 Å². The predicted molar refractivity (Wildman–Crippen MR) is 122 cm³/mol. The van der Waals surface area contributed by atoms with Crippen molar-refractivity contribution in [1.82, 2.24) is 9.96 Å². The summed E-state index contributed by atoms with van der Waals surface area (Å²) in [7, 11) is 1.38. The Hall–Kier alpha value is -2.14. The molecule has 5 rings (SSSR count). The number of nitrogens with zero attached hydrogens (tertiary/aromatic N) is 2. The molecule has 2 saturated heterocycles. The number of carbonyl (C=O) groups excluding carboxylic acids is 4. The second-order valence-corrected chi connectivity index (χ2v) is 10.6. The van der Waals surface area contributed by atoms with Crippen molar-refractivity contribution < 1.29 is 34.2 Å². The van der Waals surface area contributed by atoms with E-state index in [4.69, 9.17) is 27.9 Å². The average Bonchev–Trinajstić information content (AvgIpc) is 3.12. The van der Waals surface area contributed by atoms with Crippen molar-refractivity contribution in [2.45, 2.75) is 28.5 Å². The SMILES string of the molecule is COc1cccc(O)c1C1C2=CCC3C(=O)N(O)C(=O)C3C2CC2(Cl)C(=O)N(CBr)C(=O)C12Cl. The molecule has 2 N–H and O–H groups in total. The highest BCUT2D eigenvalue weighted by atomic mass is 79.9. The third-order valence-electron chi connectivity index (χ3n) is 7.54. The van der Waals surface area contributed by atoms with Gasteiger partial charge in [0.25, 0.3) is 23.6 Å². The number of hydroxylamine groups is 2. The normalized spacial score (nSPS) is 36.9. The zero-order valence-electron chi connectivity index (χ0n) is 17.7. The Morgan fingerprint density at radius 2 is 1.85 bits per heavy atom. The lowest BCUT2D eigenvalue weighted by molar-refractivity contribution is -0.173. The van der Waals surface area contributed by atoms with Crippen molar-refractivity contribution in [1.29, 1.82) is 0 Å². The maximum atomic E-state index is 13.6. The summed E-state index contributed by atoms with van der Waals surface area (Å²) in [6.07, 6.45) is 1.59. The van der Waals surface area contributed by atoms with Crippen LogP contribution in [0, 0.1) is 17.8 Å². The number of imide groups is 2. The molecular weight excluding hydrogens is 555 g/mol. The average molecular weight is 574 g/mol. The molecule has 3 fully saturated rings. The number of amides is 4. The van der Waals surface area contributed by atoms with Gasteiger partial charge in [0.15, 0.2) is 9.75 Å². The van der Waals surface area contributed by atoms with Gasteiger partial charge in [-0.3, -0.25) is 29.3 Å². The minimum Gasteiger partial charge on any atom is -0.508 e. The second-order valence-electron chi connectivity index (χ2n) is 8.87. The zero-order valence-corrected chi connectivity index (χ0v) is 20.8. The third-order valence-corrected chi connectivity index (χ3v) is 9.46. The fourth-order valence-corrected chi connectivity index (χ4v) is 7.46. The number of fused-ring (bicyclic) bond motifs is 4. The van der Waals surface area contributed by atoms with Crippen LogP contribution in [-0.2, 0) is 19.2 Å². The Kier molecular flexibility index (Phi) is 5.33. The van der Waals surface area contributed by atoms with Crippen LogP contribution in [0.5, 0.6) is 11.5 Å². The summed E-state index contributed by atoms with van der Waals surface area (Å²) < 4.78 is 5.47. The summed E-state index contributed by atoms with van der Waals surface area (Å²) >= 11 is 17.2. The molecule has 1 aromatic carbocycles. The number of allylic oxidation sites excluding steroid dienone is 2. The number of rotatable bonds is 3. The van der Waals surface area contributed by atoms with Crippen molar-refractivity contribution in [3.63, 3.8) is 0 Å². The van der Waals surface area contributed by atoms with E-state index in [2.05, 4.69) is 15.9 Å². The van der Waals surface area contributed by atoms with Gasteiger partial charge in [0.2, 0.25) is 0 Å². The summed E-state index contributed by atoms with van der Waals surface area (Å²) in [6.45, 7) is 0. The number of aromatic hydroxyl groups is 1. The lowest BCUT2D eigenvalue weighted by atomic mass is 9.56. The number of carbonyl (C=O) groups is 4. The zero-order chi connectivity index (χ0) is 24.7. The highest BCUT2D eigenvalue weighted by molar-refractivity contribution is 9.09. The monoisotopic (exact) mass is 572 g/mol. The van der Waals surface area contributed by atoms with Gasteiger partial charge >= 0.3 is 0 Å². The molecule has 2 aliphatic heterocycles. The molecule has 0 bridgehead atoms. The molecule has 0 radical (unpaired) electrons. The van der Waals surface area contributed by atoms with E-state index in [1.807, 2.05) is 0 Å². The number of alkyl halides is 3. The number of likely N-dealkylation sites (tertiary alicyclic amines) is 1. The van der Waals surface area contributed by atoms with Gasteiger partial charge in [-0.2, -0.15) is 5.06 Å². The maximum Gasteiger partial charge on any atom is 0.257 e. The smallest absolute Gasteiger partial charge is 0.257 e. The van der Waals surface area contributed by atoms with E-state index < -0.39 is 57.0 Å². The molecule has 4 amide bonds. The summed E-state index contributed by atoms with van der Waals surface area (Å²) in [5, 5.41) is 21.0. The molecule has 1 saturated carbocycles. The van der Waals surface area contributed by atoms with Gasteiger partial charge in [-0.25, -0.2) is 0 Å². The minimum absolute atomic E-state index is 0.108. The quantitative estimate of drug-likeness (QED) is 0.187. The molecule has 34 heavy (non-hydrogen) atoms. The van der Waals surface area contributed by atoms with Crippen molar-refractivity contribution in [3.8, 4) is 11.5 Å². The number of benzene rings is 1. The summed E-state index contributed by atoms with van der Waals surface area (Å²) in [5.41, 5.74) is 0.478. The van der Waals surface area contributed by atoms with Gasteiger partial charge in [-0.1, -0.05) is 33.6 Å². The molecule has 2 heterocycles. The number of hydrogen-bond acceptors (Lipinski definition) is 7. The molecule has 0 aromatic heterocycles. The lowest BCUT2D eigenvalue weighted by Gasteiger charge is -2.50. The van der Waals surface area contributed by atoms with Gasteiger partial charge in [0.05, 0.1) is 24.4 Å². The molecule has 6 atom stereocenters. The Balaban J connectivity index is 1.80. The summed E-state index contributed by atoms with van der Waals surface area (Å²) in [6, 6.07) is 4.52. The highest BCUT2D eigenvalue weighted by Crippen LogP contribution is 2.66. The van der Waals surface area contributed by atoms with Crippen LogP contribution in [0.15, 0.2) is 29.8 Å². The first-order valence-corrected chi connectivity index (χ1v) is 12.3. The van der Waals surface area contributed by atoms with E-state index in [9.17, 15) is 29.5 Å². The number of ether oxygens (including phenoxy) is 1. The van der Waals surface area contributed by atoms with Crippen LogP contribution in [0.25, 0.3) is 0 Å². The van der Waals surface area contributed by atoms with E-state index in [1.54, 1.807) is 18.2 Å². The van der Waals surface area contributed by atoms with Gasteiger partial charge < -0.3 is 9.84 Å². The van der Waals surface area contributed by atoms with Crippen molar-refractivity contribution in [3.05, 3.63) is 35.4 Å². The summed E-state index contributed by atoms with van der Waals surface area (Å²) in [5.74, 6) is -6.82. The Bertz CT molecular complexity index is 1190. The van der Waals surface area contributed by atoms with Crippen LogP contribution >= 0.6 is 39.1 Å². The molecule has 4 aliphatic rings. The molecule has 180 valence electrons. The van der Waals surface area contributed by atoms with Gasteiger partial charge in [-0.05, 0) is 30.9 Å². The Morgan fingerprint density at radius 1 is 1.15 bits per heavy atom. The minimum atomic E-state index is -2.05. The number of hydrogen-bond donors (Lipinski definition) is 2. The number of phenolic OH excluding ortho intramolecular Hbond substituents is 1. The molecule has 1 aromatic rings. The van der Waals surface area contributed by atoms with Crippen molar-refractivity contribution in [2.24, 2.45) is 17.8 Å². The van der Waals surface area contributed by atoms with Gasteiger partial charge in [0.1, 0.15) is 11.5 Å². The van der Waals surface area contributed by atoms with Gasteiger partial charge in [-0.15, -0.1) is 23.2 Å². The predicted octanol–water partition coefficient (Wildman–Crippen LogP) is 2.50. The van der Waals surface area contributed by atoms with E-state index in [0.29, 0.717) is 5.57 Å². The maximum absolute atomic E-state index is 13.6. The van der Waals surface area contributed by atoms with Crippen LogP contribution in [0.2, 0.25) is 0 Å². The van der Waals surface area contributed by atoms with Crippen molar-refractivity contribution in [2.75, 3.05) is 12.6 Å². The van der Waals surface area contributed by atoms with Crippen LogP contribution in [-0.4, -0.2) is 66.2 Å². The van der Waals surface area contributed by atoms with Crippen LogP contribution in [0.3, 0.4) is 0 Å². The van der Waals surface area contributed by atoms with Crippen LogP contribution in [0.1, 0.15) is 24.3 Å². The molecule has 9 nitrogen and oxygen atoms in total. The lowest BCUT2D eigenvalue weighted by Crippen LogP contribution is -2.60. The van der Waals surface area contributed by atoms with Crippen LogP contribution in [0.4, 0.5) is 0 Å². The molecule has 6 unspecified atom stereocenters. The summed E-state index contributed by atoms with van der Waals surface area (Å²) in [4.78, 5) is 49.3. The largest absolute Gasteiger partial charge is 0.508 e. The topological polar surface area (TPSA) is 124 Å². The standard InChI is InChI=1S/C22H19BrCl2N2O7/c1-34-13-4-2-3-12(28)15(13)16-9-5-6-10-14(18(30)27(33)17(10)29)11(9)7-21(24)19(31)26(8-23)20(32)22(16,21)25/h2-5,10-11,14,16,28,33H,6-8H2,1H3. The second kappa shape index (κ2) is 7.68. The van der Waals surface area contributed by atoms with E-state index >= 15 is 0 Å². The van der Waals surface area contributed by atoms with E-state index in [-0.39, 0.29) is 40.4 Å². The number of phenols is 1. The number of halogens is 3.